The summed E-state index contributed by atoms with van der Waals surface area (Å²) in [5.74, 6) is -0.0381. The molecule has 0 saturated carbocycles. The minimum absolute atomic E-state index is 0.0381. The Morgan fingerprint density at radius 1 is 0.886 bits per heavy atom. The third-order valence-corrected chi connectivity index (χ3v) is 8.62. The van der Waals surface area contributed by atoms with Gasteiger partial charge in [-0.05, 0) is 37.3 Å². The number of amides is 1. The Kier molecular flexibility index (Phi) is 6.30. The van der Waals surface area contributed by atoms with E-state index in [9.17, 15) is 13.2 Å². The molecule has 6 nitrogen and oxygen atoms in total. The molecule has 1 aliphatic heterocycles. The second-order valence-electron chi connectivity index (χ2n) is 8.77. The summed E-state index contributed by atoms with van der Waals surface area (Å²) in [7, 11) is -3.73. The van der Waals surface area contributed by atoms with E-state index in [2.05, 4.69) is 4.90 Å². The van der Waals surface area contributed by atoms with Crippen LogP contribution in [0, 0.1) is 6.92 Å². The molecule has 0 atom stereocenters. The van der Waals surface area contributed by atoms with Gasteiger partial charge in [0.25, 0.3) is 0 Å². The van der Waals surface area contributed by atoms with Crippen molar-refractivity contribution in [3.63, 3.8) is 0 Å². The van der Waals surface area contributed by atoms with Gasteiger partial charge in [-0.15, -0.1) is 0 Å². The number of halogens is 1. The van der Waals surface area contributed by atoms with E-state index in [1.807, 2.05) is 54.3 Å². The van der Waals surface area contributed by atoms with Crippen LogP contribution < -0.4 is 4.90 Å². The number of aromatic nitrogens is 1. The van der Waals surface area contributed by atoms with Gasteiger partial charge in [-0.1, -0.05) is 59.6 Å². The lowest BCUT2D eigenvalue weighted by Crippen LogP contribution is -2.49. The molecule has 0 aliphatic carbocycles. The second-order valence-corrected chi connectivity index (χ2v) is 11.1. The number of piperazine rings is 1. The van der Waals surface area contributed by atoms with Crippen LogP contribution in [0.25, 0.3) is 10.9 Å². The highest BCUT2D eigenvalue weighted by Crippen LogP contribution is 2.31. The number of benzene rings is 3. The molecule has 8 heteroatoms. The van der Waals surface area contributed by atoms with E-state index in [-0.39, 0.29) is 22.2 Å². The first-order valence-electron chi connectivity index (χ1n) is 11.5. The zero-order valence-corrected chi connectivity index (χ0v) is 21.0. The van der Waals surface area contributed by atoms with Gasteiger partial charge in [0.2, 0.25) is 15.7 Å². The number of fused-ring (bicyclic) bond motifs is 1. The fourth-order valence-electron chi connectivity index (χ4n) is 4.55. The van der Waals surface area contributed by atoms with Crippen molar-refractivity contribution in [1.82, 2.24) is 9.47 Å². The zero-order chi connectivity index (χ0) is 24.6. The summed E-state index contributed by atoms with van der Waals surface area (Å²) in [6, 6.07) is 21.9. The van der Waals surface area contributed by atoms with Crippen LogP contribution >= 0.6 is 11.6 Å². The minimum Gasteiger partial charge on any atom is -0.367 e. The predicted octanol–water partition coefficient (Wildman–Crippen LogP) is 4.78. The van der Waals surface area contributed by atoms with Crippen LogP contribution in [0.5, 0.6) is 0 Å². The predicted molar refractivity (Wildman–Crippen MR) is 139 cm³/mol. The van der Waals surface area contributed by atoms with Crippen molar-refractivity contribution in [3.8, 4) is 0 Å². The van der Waals surface area contributed by atoms with E-state index in [1.54, 1.807) is 41.1 Å². The van der Waals surface area contributed by atoms with Gasteiger partial charge in [-0.25, -0.2) is 8.42 Å². The molecule has 1 aromatic heterocycles. The quantitative estimate of drug-likeness (QED) is 0.390. The average Bonchev–Trinajstić information content (AvgIpc) is 3.24. The monoisotopic (exact) mass is 507 g/mol. The van der Waals surface area contributed by atoms with Gasteiger partial charge in [-0.2, -0.15) is 0 Å². The first-order valence-corrected chi connectivity index (χ1v) is 13.4. The van der Waals surface area contributed by atoms with Crippen LogP contribution in [0.3, 0.4) is 0 Å². The lowest BCUT2D eigenvalue weighted by molar-refractivity contribution is -0.132. The number of hydrogen-bond acceptors (Lipinski definition) is 4. The highest BCUT2D eigenvalue weighted by atomic mass is 35.5. The van der Waals surface area contributed by atoms with Crippen molar-refractivity contribution < 1.29 is 13.2 Å². The van der Waals surface area contributed by atoms with Crippen LogP contribution in [-0.2, 0) is 21.2 Å². The number of anilines is 1. The standard InChI is InChI=1S/C27H26ClN3O3S/c1-20-10-12-21(13-11-20)35(33,34)26-18-31(24-8-4-2-6-22(24)26)19-27(32)30-16-14-29(15-17-30)25-9-5-3-7-23(25)28/h2-13,18H,14-17,19H2,1H3. The second kappa shape index (κ2) is 9.40. The van der Waals surface area contributed by atoms with E-state index in [4.69, 9.17) is 11.6 Å². The zero-order valence-electron chi connectivity index (χ0n) is 19.4. The Hall–Kier alpha value is -3.29. The van der Waals surface area contributed by atoms with Crippen LogP contribution in [0.15, 0.2) is 88.8 Å². The molecule has 0 bridgehead atoms. The number of carbonyl (C=O) groups is 1. The molecule has 0 radical (unpaired) electrons. The fourth-order valence-corrected chi connectivity index (χ4v) is 6.28. The van der Waals surface area contributed by atoms with Crippen LogP contribution in [0.2, 0.25) is 5.02 Å². The molecule has 35 heavy (non-hydrogen) atoms. The maximum absolute atomic E-state index is 13.4. The number of para-hydroxylation sites is 2. The molecule has 0 N–H and O–H groups in total. The lowest BCUT2D eigenvalue weighted by atomic mass is 10.2. The molecule has 4 aromatic rings. The Bertz CT molecular complexity index is 1490. The molecule has 1 fully saturated rings. The van der Waals surface area contributed by atoms with Crippen molar-refractivity contribution in [2.75, 3.05) is 31.1 Å². The molecule has 2 heterocycles. The molecule has 5 rings (SSSR count). The highest BCUT2D eigenvalue weighted by Gasteiger charge is 2.26. The number of sulfone groups is 1. The number of hydrogen-bond donors (Lipinski definition) is 0. The van der Waals surface area contributed by atoms with E-state index in [1.165, 1.54) is 0 Å². The van der Waals surface area contributed by atoms with Crippen molar-refractivity contribution in [1.29, 1.82) is 0 Å². The molecule has 1 amide bonds. The Labute approximate surface area is 210 Å². The van der Waals surface area contributed by atoms with Gasteiger partial charge in [0.15, 0.2) is 0 Å². The van der Waals surface area contributed by atoms with Crippen molar-refractivity contribution in [2.45, 2.75) is 23.3 Å². The van der Waals surface area contributed by atoms with Gasteiger partial charge in [-0.3, -0.25) is 4.79 Å². The Morgan fingerprint density at radius 2 is 1.54 bits per heavy atom. The third kappa shape index (κ3) is 4.54. The number of carbonyl (C=O) groups excluding carboxylic acids is 1. The molecule has 180 valence electrons. The summed E-state index contributed by atoms with van der Waals surface area (Å²) in [4.78, 5) is 17.7. The molecular weight excluding hydrogens is 482 g/mol. The fraction of sp³-hybridized carbons (Fsp3) is 0.222. The first-order chi connectivity index (χ1) is 16.8. The summed E-state index contributed by atoms with van der Waals surface area (Å²) in [5.41, 5.74) is 2.69. The molecule has 1 saturated heterocycles. The molecular formula is C27H26ClN3O3S. The summed E-state index contributed by atoms with van der Waals surface area (Å²) in [6.45, 7) is 4.54. The smallest absolute Gasteiger partial charge is 0.242 e. The third-order valence-electron chi connectivity index (χ3n) is 6.50. The van der Waals surface area contributed by atoms with Crippen molar-refractivity contribution in [2.24, 2.45) is 0 Å². The normalized spacial score (nSPS) is 14.5. The molecule has 0 spiro atoms. The molecule has 1 aliphatic rings. The van der Waals surface area contributed by atoms with Gasteiger partial charge < -0.3 is 14.4 Å². The summed E-state index contributed by atoms with van der Waals surface area (Å²) in [6.07, 6.45) is 1.59. The van der Waals surface area contributed by atoms with Crippen LogP contribution in [0.4, 0.5) is 5.69 Å². The lowest BCUT2D eigenvalue weighted by Gasteiger charge is -2.36. The largest absolute Gasteiger partial charge is 0.367 e. The Balaban J connectivity index is 1.37. The van der Waals surface area contributed by atoms with Gasteiger partial charge in [0, 0.05) is 43.3 Å². The number of nitrogens with zero attached hydrogens (tertiary/aromatic N) is 3. The summed E-state index contributed by atoms with van der Waals surface area (Å²) in [5, 5.41) is 1.32. The average molecular weight is 508 g/mol. The number of aryl methyl sites for hydroxylation is 1. The molecule has 0 unspecified atom stereocenters. The highest BCUT2D eigenvalue weighted by molar-refractivity contribution is 7.91. The topological polar surface area (TPSA) is 62.6 Å². The summed E-state index contributed by atoms with van der Waals surface area (Å²) >= 11 is 6.34. The van der Waals surface area contributed by atoms with E-state index in [0.29, 0.717) is 36.6 Å². The van der Waals surface area contributed by atoms with E-state index < -0.39 is 9.84 Å². The van der Waals surface area contributed by atoms with E-state index in [0.717, 1.165) is 16.8 Å². The SMILES string of the molecule is Cc1ccc(S(=O)(=O)c2cn(CC(=O)N3CCN(c4ccccc4Cl)CC3)c3ccccc23)cc1. The van der Waals surface area contributed by atoms with Gasteiger partial charge in [0.05, 0.1) is 20.5 Å². The Morgan fingerprint density at radius 3 is 2.26 bits per heavy atom. The maximum atomic E-state index is 13.4. The maximum Gasteiger partial charge on any atom is 0.242 e. The number of rotatable bonds is 5. The molecule has 3 aromatic carbocycles. The van der Waals surface area contributed by atoms with Crippen molar-refractivity contribution in [3.05, 3.63) is 89.6 Å². The van der Waals surface area contributed by atoms with Crippen LogP contribution in [-0.4, -0.2) is 50.0 Å². The minimum atomic E-state index is -3.73. The first kappa shape index (κ1) is 23.5. The van der Waals surface area contributed by atoms with Gasteiger partial charge >= 0.3 is 0 Å². The van der Waals surface area contributed by atoms with Crippen LogP contribution in [0.1, 0.15) is 5.56 Å². The van der Waals surface area contributed by atoms with E-state index >= 15 is 0 Å². The summed E-state index contributed by atoms with van der Waals surface area (Å²) < 4.78 is 28.6. The van der Waals surface area contributed by atoms with Gasteiger partial charge in [0.1, 0.15) is 6.54 Å². The van der Waals surface area contributed by atoms with Crippen molar-refractivity contribution >= 4 is 43.9 Å².